The maximum absolute atomic E-state index is 5.89. The average Bonchev–Trinajstić information content (AvgIpc) is 2.33. The van der Waals surface area contributed by atoms with Crippen molar-refractivity contribution in [1.82, 2.24) is 0 Å². The fourth-order valence-corrected chi connectivity index (χ4v) is 1.98. The number of unbranched alkanes of at least 4 members (excludes halogenated alkanes) is 5. The third kappa shape index (κ3) is 10.4. The lowest BCUT2D eigenvalue weighted by molar-refractivity contribution is 0.0184. The van der Waals surface area contributed by atoms with Crippen LogP contribution in [-0.2, 0) is 4.74 Å². The third-order valence-electron chi connectivity index (χ3n) is 3.12. The summed E-state index contributed by atoms with van der Waals surface area (Å²) in [7, 11) is 0. The van der Waals surface area contributed by atoms with Gasteiger partial charge in [0.2, 0.25) is 0 Å². The average molecular weight is 238 g/mol. The number of rotatable bonds is 11. The van der Waals surface area contributed by atoms with E-state index in [1.807, 2.05) is 0 Å². The standard InChI is InChI=1S/C16H30O/c1-5-8-10-12-13-15(4)17-16(7-3)14-11-9-6-2/h3,15-16H,5-6,8-14H2,1-2,4H3/t15-,16?/m0/s1. The van der Waals surface area contributed by atoms with Gasteiger partial charge in [-0.25, -0.2) is 0 Å². The molecule has 100 valence electrons. The van der Waals surface area contributed by atoms with E-state index in [1.165, 1.54) is 44.9 Å². The highest BCUT2D eigenvalue weighted by atomic mass is 16.5. The zero-order valence-electron chi connectivity index (χ0n) is 12.0. The molecule has 0 aliphatic heterocycles. The minimum absolute atomic E-state index is 0.0303. The summed E-state index contributed by atoms with van der Waals surface area (Å²) in [5.41, 5.74) is 0. The summed E-state index contributed by atoms with van der Waals surface area (Å²) in [5.74, 6) is 2.77. The highest BCUT2D eigenvalue weighted by Gasteiger charge is 2.10. The van der Waals surface area contributed by atoms with Crippen LogP contribution in [0.4, 0.5) is 0 Å². The summed E-state index contributed by atoms with van der Waals surface area (Å²) in [6, 6.07) is 0. The maximum Gasteiger partial charge on any atom is 0.118 e. The Morgan fingerprint density at radius 1 is 0.941 bits per heavy atom. The lowest BCUT2D eigenvalue weighted by Gasteiger charge is -2.18. The molecular weight excluding hydrogens is 208 g/mol. The van der Waals surface area contributed by atoms with Gasteiger partial charge in [-0.1, -0.05) is 58.3 Å². The fourth-order valence-electron chi connectivity index (χ4n) is 1.98. The van der Waals surface area contributed by atoms with E-state index in [0.29, 0.717) is 6.10 Å². The van der Waals surface area contributed by atoms with Gasteiger partial charge in [-0.2, -0.15) is 0 Å². The number of hydrogen-bond donors (Lipinski definition) is 0. The first-order valence-electron chi connectivity index (χ1n) is 7.36. The molecule has 0 aromatic heterocycles. The van der Waals surface area contributed by atoms with Gasteiger partial charge >= 0.3 is 0 Å². The van der Waals surface area contributed by atoms with Crippen LogP contribution in [0.2, 0.25) is 0 Å². The Labute approximate surface area is 108 Å². The van der Waals surface area contributed by atoms with Gasteiger partial charge < -0.3 is 4.74 Å². The Morgan fingerprint density at radius 2 is 1.53 bits per heavy atom. The molecule has 0 saturated heterocycles. The summed E-state index contributed by atoms with van der Waals surface area (Å²) >= 11 is 0. The molecule has 0 radical (unpaired) electrons. The van der Waals surface area contributed by atoms with Crippen LogP contribution in [0, 0.1) is 12.3 Å². The molecule has 0 heterocycles. The van der Waals surface area contributed by atoms with E-state index < -0.39 is 0 Å². The Balaban J connectivity index is 3.60. The van der Waals surface area contributed by atoms with Gasteiger partial charge in [-0.05, 0) is 26.2 Å². The van der Waals surface area contributed by atoms with Gasteiger partial charge in [0.25, 0.3) is 0 Å². The zero-order valence-corrected chi connectivity index (χ0v) is 12.0. The van der Waals surface area contributed by atoms with E-state index in [-0.39, 0.29) is 6.10 Å². The van der Waals surface area contributed by atoms with Crippen molar-refractivity contribution >= 4 is 0 Å². The van der Waals surface area contributed by atoms with Crippen LogP contribution in [0.5, 0.6) is 0 Å². The van der Waals surface area contributed by atoms with Gasteiger partial charge in [-0.15, -0.1) is 6.42 Å². The van der Waals surface area contributed by atoms with Crippen LogP contribution >= 0.6 is 0 Å². The van der Waals surface area contributed by atoms with E-state index in [1.54, 1.807) is 0 Å². The van der Waals surface area contributed by atoms with Crippen molar-refractivity contribution in [3.8, 4) is 12.3 Å². The smallest absolute Gasteiger partial charge is 0.118 e. The molecule has 0 rings (SSSR count). The molecule has 0 N–H and O–H groups in total. The van der Waals surface area contributed by atoms with Gasteiger partial charge in [0.15, 0.2) is 0 Å². The summed E-state index contributed by atoms with van der Waals surface area (Å²) < 4.78 is 5.89. The summed E-state index contributed by atoms with van der Waals surface area (Å²) in [5, 5.41) is 0. The molecule has 0 spiro atoms. The summed E-state index contributed by atoms with van der Waals surface area (Å²) in [6.07, 6.45) is 16.9. The first kappa shape index (κ1) is 16.5. The zero-order chi connectivity index (χ0) is 12.9. The van der Waals surface area contributed by atoms with E-state index in [4.69, 9.17) is 11.2 Å². The Hall–Kier alpha value is -0.480. The van der Waals surface area contributed by atoms with E-state index in [9.17, 15) is 0 Å². The maximum atomic E-state index is 5.89. The van der Waals surface area contributed by atoms with E-state index >= 15 is 0 Å². The molecule has 17 heavy (non-hydrogen) atoms. The van der Waals surface area contributed by atoms with Crippen molar-refractivity contribution in [2.75, 3.05) is 0 Å². The van der Waals surface area contributed by atoms with Crippen molar-refractivity contribution in [3.63, 3.8) is 0 Å². The van der Waals surface area contributed by atoms with Gasteiger partial charge in [0.1, 0.15) is 6.10 Å². The highest BCUT2D eigenvalue weighted by Crippen LogP contribution is 2.13. The predicted molar refractivity (Wildman–Crippen MR) is 76.1 cm³/mol. The van der Waals surface area contributed by atoms with Crippen LogP contribution in [0.15, 0.2) is 0 Å². The Kier molecular flexibility index (Phi) is 11.7. The molecule has 1 unspecified atom stereocenters. The first-order valence-corrected chi connectivity index (χ1v) is 7.36. The van der Waals surface area contributed by atoms with E-state index in [0.717, 1.165) is 12.8 Å². The number of hydrogen-bond acceptors (Lipinski definition) is 1. The fraction of sp³-hybridized carbons (Fsp3) is 0.875. The lowest BCUT2D eigenvalue weighted by Crippen LogP contribution is -2.18. The van der Waals surface area contributed by atoms with Gasteiger partial charge in [-0.3, -0.25) is 0 Å². The predicted octanol–water partition coefficient (Wildman–Crippen LogP) is 4.94. The third-order valence-corrected chi connectivity index (χ3v) is 3.12. The highest BCUT2D eigenvalue weighted by molar-refractivity contribution is 4.94. The van der Waals surface area contributed by atoms with E-state index in [2.05, 4.69) is 26.7 Å². The molecule has 1 nitrogen and oxygen atoms in total. The molecule has 0 amide bonds. The lowest BCUT2D eigenvalue weighted by atomic mass is 10.1. The summed E-state index contributed by atoms with van der Waals surface area (Å²) in [4.78, 5) is 0. The molecule has 0 aliphatic carbocycles. The van der Waals surface area contributed by atoms with Crippen LogP contribution in [-0.4, -0.2) is 12.2 Å². The normalized spacial score (nSPS) is 14.2. The largest absolute Gasteiger partial charge is 0.363 e. The Morgan fingerprint density at radius 3 is 2.12 bits per heavy atom. The molecule has 0 aromatic rings. The van der Waals surface area contributed by atoms with Crippen molar-refractivity contribution in [1.29, 1.82) is 0 Å². The van der Waals surface area contributed by atoms with Crippen LogP contribution in [0.1, 0.15) is 78.6 Å². The molecule has 0 aromatic carbocycles. The minimum atomic E-state index is 0.0303. The van der Waals surface area contributed by atoms with Crippen LogP contribution in [0.3, 0.4) is 0 Å². The minimum Gasteiger partial charge on any atom is -0.363 e. The van der Waals surface area contributed by atoms with Crippen LogP contribution < -0.4 is 0 Å². The molecule has 1 heteroatoms. The topological polar surface area (TPSA) is 9.23 Å². The molecular formula is C16H30O. The SMILES string of the molecule is C#CC(CCCCC)O[C@@H](C)CCCCCC. The van der Waals surface area contributed by atoms with Crippen molar-refractivity contribution in [2.24, 2.45) is 0 Å². The second-order valence-electron chi connectivity index (χ2n) is 4.95. The van der Waals surface area contributed by atoms with Gasteiger partial charge in [0.05, 0.1) is 6.10 Å². The number of terminal acetylenes is 1. The van der Waals surface area contributed by atoms with Crippen molar-refractivity contribution in [2.45, 2.75) is 90.8 Å². The monoisotopic (exact) mass is 238 g/mol. The molecule has 0 fully saturated rings. The second kappa shape index (κ2) is 12.0. The molecule has 2 atom stereocenters. The summed E-state index contributed by atoms with van der Waals surface area (Å²) in [6.45, 7) is 6.60. The van der Waals surface area contributed by atoms with Crippen molar-refractivity contribution < 1.29 is 4.74 Å². The molecule has 0 saturated carbocycles. The second-order valence-corrected chi connectivity index (χ2v) is 4.95. The molecule has 0 aliphatic rings. The number of ether oxygens (including phenoxy) is 1. The molecule has 0 bridgehead atoms. The van der Waals surface area contributed by atoms with Crippen molar-refractivity contribution in [3.05, 3.63) is 0 Å². The van der Waals surface area contributed by atoms with Crippen LogP contribution in [0.25, 0.3) is 0 Å². The Bertz CT molecular complexity index is 192. The van der Waals surface area contributed by atoms with Gasteiger partial charge in [0, 0.05) is 0 Å². The first-order chi connectivity index (χ1) is 8.24. The quantitative estimate of drug-likeness (QED) is 0.366.